The van der Waals surface area contributed by atoms with Crippen molar-refractivity contribution in [2.24, 2.45) is 11.3 Å². The quantitative estimate of drug-likeness (QED) is 0.876. The molecule has 1 aromatic carbocycles. The van der Waals surface area contributed by atoms with Crippen molar-refractivity contribution in [1.82, 2.24) is 10.3 Å². The maximum Gasteiger partial charge on any atom is 0.228 e. The molecular formula is C18H21N3O2S. The Bertz CT molecular complexity index is 711. The summed E-state index contributed by atoms with van der Waals surface area (Å²) < 4.78 is 5.84. The van der Waals surface area contributed by atoms with E-state index in [1.54, 1.807) is 16.8 Å². The molecule has 126 valence electrons. The average molecular weight is 343 g/mol. The van der Waals surface area contributed by atoms with Gasteiger partial charge in [0.05, 0.1) is 16.9 Å². The number of ether oxygens (including phenoxy) is 1. The minimum absolute atomic E-state index is 0.126. The van der Waals surface area contributed by atoms with Crippen LogP contribution in [0.2, 0.25) is 0 Å². The SMILES string of the molecule is O=C(Nc1ccccc1OCc1cscn1)C1CC12CCNCC2. The molecule has 1 spiro atoms. The van der Waals surface area contributed by atoms with Crippen LogP contribution in [0.3, 0.4) is 0 Å². The van der Waals surface area contributed by atoms with E-state index in [-0.39, 0.29) is 17.2 Å². The van der Waals surface area contributed by atoms with E-state index >= 15 is 0 Å². The van der Waals surface area contributed by atoms with Crippen LogP contribution in [0.5, 0.6) is 5.75 Å². The second-order valence-corrected chi connectivity index (χ2v) is 7.34. The average Bonchev–Trinajstić information content (AvgIpc) is 3.06. The molecule has 6 heteroatoms. The zero-order chi connectivity index (χ0) is 16.4. The molecule has 1 atom stereocenters. The van der Waals surface area contributed by atoms with Crippen LogP contribution in [-0.2, 0) is 11.4 Å². The van der Waals surface area contributed by atoms with Crippen molar-refractivity contribution in [3.8, 4) is 5.75 Å². The van der Waals surface area contributed by atoms with Crippen LogP contribution in [-0.4, -0.2) is 24.0 Å². The number of hydrogen-bond donors (Lipinski definition) is 2. The minimum Gasteiger partial charge on any atom is -0.485 e. The van der Waals surface area contributed by atoms with Gasteiger partial charge in [0.25, 0.3) is 0 Å². The number of anilines is 1. The molecule has 0 bridgehead atoms. The van der Waals surface area contributed by atoms with Crippen LogP contribution in [0, 0.1) is 11.3 Å². The van der Waals surface area contributed by atoms with Crippen molar-refractivity contribution < 1.29 is 9.53 Å². The summed E-state index contributed by atoms with van der Waals surface area (Å²) in [6, 6.07) is 7.61. The third kappa shape index (κ3) is 3.16. The Morgan fingerprint density at radius 3 is 3.00 bits per heavy atom. The molecule has 1 saturated heterocycles. The lowest BCUT2D eigenvalue weighted by molar-refractivity contribution is -0.118. The molecule has 0 radical (unpaired) electrons. The number of aromatic nitrogens is 1. The Balaban J connectivity index is 1.40. The van der Waals surface area contributed by atoms with Gasteiger partial charge < -0.3 is 15.4 Å². The molecular weight excluding hydrogens is 322 g/mol. The van der Waals surface area contributed by atoms with Gasteiger partial charge in [-0.05, 0) is 49.9 Å². The monoisotopic (exact) mass is 343 g/mol. The summed E-state index contributed by atoms with van der Waals surface area (Å²) in [5.41, 5.74) is 3.68. The fourth-order valence-electron chi connectivity index (χ4n) is 3.57. The maximum atomic E-state index is 12.6. The van der Waals surface area contributed by atoms with E-state index in [0.29, 0.717) is 12.4 Å². The van der Waals surface area contributed by atoms with Gasteiger partial charge in [-0.25, -0.2) is 4.98 Å². The number of benzene rings is 1. The summed E-state index contributed by atoms with van der Waals surface area (Å²) in [4.78, 5) is 16.9. The summed E-state index contributed by atoms with van der Waals surface area (Å²) in [5.74, 6) is 0.965. The van der Waals surface area contributed by atoms with Crippen molar-refractivity contribution in [3.63, 3.8) is 0 Å². The zero-order valence-electron chi connectivity index (χ0n) is 13.5. The van der Waals surface area contributed by atoms with Crippen LogP contribution in [0.25, 0.3) is 0 Å². The van der Waals surface area contributed by atoms with Crippen LogP contribution in [0.1, 0.15) is 25.0 Å². The van der Waals surface area contributed by atoms with Gasteiger partial charge in [-0.1, -0.05) is 12.1 Å². The molecule has 2 aliphatic rings. The Labute approximate surface area is 145 Å². The largest absolute Gasteiger partial charge is 0.485 e. The molecule has 2 fully saturated rings. The Morgan fingerprint density at radius 1 is 1.38 bits per heavy atom. The lowest BCUT2D eigenvalue weighted by atomic mass is 9.92. The molecule has 4 rings (SSSR count). The molecule has 1 aliphatic heterocycles. The lowest BCUT2D eigenvalue weighted by Gasteiger charge is -2.23. The van der Waals surface area contributed by atoms with Gasteiger partial charge >= 0.3 is 0 Å². The molecule has 1 aromatic heterocycles. The van der Waals surface area contributed by atoms with Gasteiger partial charge in [-0.3, -0.25) is 4.79 Å². The maximum absolute atomic E-state index is 12.6. The number of carbonyl (C=O) groups is 1. The normalized spacial score (nSPS) is 21.4. The lowest BCUT2D eigenvalue weighted by Crippen LogP contribution is -2.31. The number of rotatable bonds is 5. The molecule has 1 aliphatic carbocycles. The van der Waals surface area contributed by atoms with E-state index in [0.717, 1.165) is 43.7 Å². The van der Waals surface area contributed by atoms with Crippen molar-refractivity contribution in [2.45, 2.75) is 25.9 Å². The smallest absolute Gasteiger partial charge is 0.228 e. The number of amides is 1. The first-order valence-corrected chi connectivity index (χ1v) is 9.32. The number of carbonyl (C=O) groups excluding carboxylic acids is 1. The third-order valence-corrected chi connectivity index (χ3v) is 5.74. The molecule has 1 unspecified atom stereocenters. The van der Waals surface area contributed by atoms with Crippen molar-refractivity contribution in [1.29, 1.82) is 0 Å². The highest BCUT2D eigenvalue weighted by atomic mass is 32.1. The first kappa shape index (κ1) is 15.6. The number of hydrogen-bond acceptors (Lipinski definition) is 5. The van der Waals surface area contributed by atoms with Crippen molar-refractivity contribution >= 4 is 22.9 Å². The first-order chi connectivity index (χ1) is 11.8. The van der Waals surface area contributed by atoms with E-state index in [2.05, 4.69) is 15.6 Å². The second kappa shape index (κ2) is 6.53. The fraction of sp³-hybridized carbons (Fsp3) is 0.444. The third-order valence-electron chi connectivity index (χ3n) is 5.11. The Kier molecular flexibility index (Phi) is 4.24. The van der Waals surface area contributed by atoms with Gasteiger partial charge in [-0.15, -0.1) is 11.3 Å². The molecule has 2 heterocycles. The highest BCUT2D eigenvalue weighted by Gasteiger charge is 2.57. The number of thiazole rings is 1. The first-order valence-electron chi connectivity index (χ1n) is 8.37. The molecule has 1 amide bonds. The fourth-order valence-corrected chi connectivity index (χ4v) is 4.11. The van der Waals surface area contributed by atoms with Gasteiger partial charge in [-0.2, -0.15) is 0 Å². The molecule has 2 aromatic rings. The van der Waals surface area contributed by atoms with Gasteiger partial charge in [0.2, 0.25) is 5.91 Å². The number of nitrogens with one attached hydrogen (secondary N) is 2. The van der Waals surface area contributed by atoms with Crippen molar-refractivity contribution in [2.75, 3.05) is 18.4 Å². The number of para-hydroxylation sites is 2. The van der Waals surface area contributed by atoms with Gasteiger partial charge in [0.1, 0.15) is 12.4 Å². The van der Waals surface area contributed by atoms with E-state index in [4.69, 9.17) is 4.74 Å². The van der Waals surface area contributed by atoms with E-state index < -0.39 is 0 Å². The number of nitrogens with zero attached hydrogens (tertiary/aromatic N) is 1. The molecule has 1 saturated carbocycles. The molecule has 24 heavy (non-hydrogen) atoms. The summed E-state index contributed by atoms with van der Waals surface area (Å²) in [7, 11) is 0. The predicted molar refractivity (Wildman–Crippen MR) is 94.2 cm³/mol. The van der Waals surface area contributed by atoms with E-state index in [1.165, 1.54) is 0 Å². The minimum atomic E-state index is 0.126. The van der Waals surface area contributed by atoms with Crippen LogP contribution in [0.15, 0.2) is 35.2 Å². The highest BCUT2D eigenvalue weighted by molar-refractivity contribution is 7.07. The van der Waals surface area contributed by atoms with Crippen molar-refractivity contribution in [3.05, 3.63) is 40.8 Å². The Hall–Kier alpha value is -1.92. The standard InChI is InChI=1S/C18H21N3O2S/c22-17(14-9-18(14)5-7-19-8-6-18)21-15-3-1-2-4-16(15)23-10-13-11-24-12-20-13/h1-4,11-12,14,19H,5-10H2,(H,21,22). The van der Waals surface area contributed by atoms with Gasteiger partial charge in [0, 0.05) is 11.3 Å². The summed E-state index contributed by atoms with van der Waals surface area (Å²) in [5, 5.41) is 8.41. The second-order valence-electron chi connectivity index (χ2n) is 6.62. The number of piperidine rings is 1. The zero-order valence-corrected chi connectivity index (χ0v) is 14.3. The Morgan fingerprint density at radius 2 is 2.21 bits per heavy atom. The van der Waals surface area contributed by atoms with E-state index in [1.807, 2.05) is 29.6 Å². The van der Waals surface area contributed by atoms with Crippen LogP contribution >= 0.6 is 11.3 Å². The molecule has 5 nitrogen and oxygen atoms in total. The highest BCUT2D eigenvalue weighted by Crippen LogP contribution is 2.58. The predicted octanol–water partition coefficient (Wildman–Crippen LogP) is 3.05. The summed E-state index contributed by atoms with van der Waals surface area (Å²) in [6.45, 7) is 2.46. The topological polar surface area (TPSA) is 63.2 Å². The molecule has 2 N–H and O–H groups in total. The van der Waals surface area contributed by atoms with E-state index in [9.17, 15) is 4.79 Å². The van der Waals surface area contributed by atoms with Gasteiger partial charge in [0.15, 0.2) is 0 Å². The summed E-state index contributed by atoms with van der Waals surface area (Å²) >= 11 is 1.55. The van der Waals surface area contributed by atoms with Crippen LogP contribution in [0.4, 0.5) is 5.69 Å². The summed E-state index contributed by atoms with van der Waals surface area (Å²) in [6.07, 6.45) is 3.22. The van der Waals surface area contributed by atoms with Crippen LogP contribution < -0.4 is 15.4 Å².